The van der Waals surface area contributed by atoms with Crippen molar-refractivity contribution in [2.75, 3.05) is 11.9 Å². The summed E-state index contributed by atoms with van der Waals surface area (Å²) in [5.74, 6) is -1.76. The number of halogens is 1. The van der Waals surface area contributed by atoms with Gasteiger partial charge < -0.3 is 20.1 Å². The Morgan fingerprint density at radius 1 is 1.22 bits per heavy atom. The van der Waals surface area contributed by atoms with E-state index < -0.39 is 18.0 Å². The molecule has 0 radical (unpaired) electrons. The van der Waals surface area contributed by atoms with Crippen molar-refractivity contribution in [3.63, 3.8) is 0 Å². The van der Waals surface area contributed by atoms with Gasteiger partial charge in [-0.2, -0.15) is 0 Å². The van der Waals surface area contributed by atoms with Crippen molar-refractivity contribution in [3.05, 3.63) is 84.1 Å². The Labute approximate surface area is 183 Å². The van der Waals surface area contributed by atoms with Crippen LogP contribution in [0.4, 0.5) is 10.1 Å². The van der Waals surface area contributed by atoms with Crippen LogP contribution in [0.5, 0.6) is 0 Å². The van der Waals surface area contributed by atoms with Gasteiger partial charge in [-0.15, -0.1) is 0 Å². The second kappa shape index (κ2) is 9.51. The number of nitrogens with one attached hydrogen (secondary N) is 2. The van der Waals surface area contributed by atoms with Crippen molar-refractivity contribution in [2.45, 2.75) is 13.2 Å². The number of ether oxygens (including phenoxy) is 1. The molecule has 0 saturated heterocycles. The maximum atomic E-state index is 14.4. The number of fused-ring (bicyclic) bond motifs is 1. The molecule has 3 N–H and O–H groups in total. The Morgan fingerprint density at radius 2 is 2.03 bits per heavy atom. The fourth-order valence-corrected chi connectivity index (χ4v) is 3.34. The van der Waals surface area contributed by atoms with Gasteiger partial charge in [0.05, 0.1) is 11.1 Å². The molecule has 0 fully saturated rings. The molecule has 4 aromatic rings. The molecule has 0 aliphatic heterocycles. The number of aliphatic hydroxyl groups is 1. The van der Waals surface area contributed by atoms with Crippen molar-refractivity contribution in [1.29, 1.82) is 0 Å². The highest BCUT2D eigenvalue weighted by Gasteiger charge is 2.19. The molecule has 0 aliphatic carbocycles. The number of carbonyl (C=O) groups excluding carboxylic acids is 1. The van der Waals surface area contributed by atoms with Crippen molar-refractivity contribution >= 4 is 28.7 Å². The van der Waals surface area contributed by atoms with E-state index in [9.17, 15) is 14.3 Å². The van der Waals surface area contributed by atoms with E-state index in [2.05, 4.69) is 20.3 Å². The minimum atomic E-state index is -1.14. The summed E-state index contributed by atoms with van der Waals surface area (Å²) >= 11 is 0. The predicted octanol–water partition coefficient (Wildman–Crippen LogP) is 4.60. The summed E-state index contributed by atoms with van der Waals surface area (Å²) in [6.45, 7) is 2.12. The Balaban J connectivity index is 1.64. The molecule has 0 aliphatic rings. The number of aromatic nitrogens is 3. The predicted molar refractivity (Wildman–Crippen MR) is 120 cm³/mol. The first-order chi connectivity index (χ1) is 15.6. The summed E-state index contributed by atoms with van der Waals surface area (Å²) in [6.07, 6.45) is 3.06. The number of aliphatic hydroxyl groups excluding tert-OH is 1. The van der Waals surface area contributed by atoms with Crippen molar-refractivity contribution in [1.82, 2.24) is 15.0 Å². The van der Waals surface area contributed by atoms with Crippen LogP contribution in [0, 0.1) is 0 Å². The number of benzene rings is 2. The first-order valence-electron chi connectivity index (χ1n) is 10.0. The number of hydrogen-bond donors (Lipinski definition) is 3. The first-order valence-corrected chi connectivity index (χ1v) is 10.0. The van der Waals surface area contributed by atoms with Crippen LogP contribution < -0.4 is 5.32 Å². The highest BCUT2D eigenvalue weighted by atomic mass is 19.1. The second-order valence-corrected chi connectivity index (χ2v) is 6.94. The molecule has 1 atom stereocenters. The number of nitrogens with zero attached hydrogens (tertiary/aromatic N) is 2. The van der Waals surface area contributed by atoms with E-state index in [0.717, 1.165) is 0 Å². The van der Waals surface area contributed by atoms with Gasteiger partial charge >= 0.3 is 0 Å². The third-order valence-corrected chi connectivity index (χ3v) is 4.79. The van der Waals surface area contributed by atoms with E-state index >= 15 is 0 Å². The lowest BCUT2D eigenvalue weighted by Crippen LogP contribution is -2.11. The van der Waals surface area contributed by atoms with Gasteiger partial charge in [0.15, 0.2) is 12.1 Å². The summed E-state index contributed by atoms with van der Waals surface area (Å²) in [6, 6.07) is 15.6. The van der Waals surface area contributed by atoms with E-state index in [-0.39, 0.29) is 0 Å². The highest BCUT2D eigenvalue weighted by molar-refractivity contribution is 6.05. The third-order valence-electron chi connectivity index (χ3n) is 4.79. The molecule has 1 amide bonds. The molecule has 2 aromatic heterocycles. The zero-order chi connectivity index (χ0) is 22.5. The van der Waals surface area contributed by atoms with Gasteiger partial charge in [0.2, 0.25) is 0 Å². The van der Waals surface area contributed by atoms with Crippen molar-refractivity contribution in [3.8, 4) is 11.3 Å². The molecular weight excluding hydrogens is 411 g/mol. The molecule has 32 heavy (non-hydrogen) atoms. The molecule has 8 heteroatoms. The average Bonchev–Trinajstić information content (AvgIpc) is 3.24. The van der Waals surface area contributed by atoms with Gasteiger partial charge in [-0.3, -0.25) is 4.79 Å². The molecule has 4 rings (SSSR count). The molecule has 2 aromatic carbocycles. The van der Waals surface area contributed by atoms with Gasteiger partial charge in [-0.25, -0.2) is 14.4 Å². The summed E-state index contributed by atoms with van der Waals surface area (Å²) in [5, 5.41) is 13.5. The number of anilines is 1. The topological polar surface area (TPSA) is 100 Å². The lowest BCUT2D eigenvalue weighted by molar-refractivity contribution is -0.114. The minimum Gasteiger partial charge on any atom is -0.364 e. The molecule has 2 heterocycles. The van der Waals surface area contributed by atoms with Crippen LogP contribution in [0.3, 0.4) is 0 Å². The second-order valence-electron chi connectivity index (χ2n) is 6.94. The first kappa shape index (κ1) is 21.4. The molecule has 0 spiro atoms. The Bertz CT molecular complexity index is 1270. The van der Waals surface area contributed by atoms with Gasteiger partial charge in [0.1, 0.15) is 12.0 Å². The van der Waals surface area contributed by atoms with Crippen LogP contribution in [-0.4, -0.2) is 32.6 Å². The number of H-pyrrole nitrogens is 1. The van der Waals surface area contributed by atoms with E-state index in [4.69, 9.17) is 4.74 Å². The van der Waals surface area contributed by atoms with Crippen LogP contribution in [0.15, 0.2) is 72.9 Å². The standard InChI is InChI=1S/C24H21FN4O3/c1-2-32-24(31)18-13-26-22-20(18)21(27-14-28-22)16-9-6-10-17(12-16)29-23(30)19(25)11-15-7-4-3-5-8-15/h3-14,24,31H,2H2,1H3,(H,29,30)(H,26,27,28). The van der Waals surface area contributed by atoms with Crippen LogP contribution in [0.1, 0.15) is 24.3 Å². The zero-order valence-electron chi connectivity index (χ0n) is 17.2. The van der Waals surface area contributed by atoms with E-state index in [0.29, 0.717) is 45.7 Å². The molecule has 1 unspecified atom stereocenters. The van der Waals surface area contributed by atoms with Gasteiger partial charge in [0.25, 0.3) is 5.91 Å². The van der Waals surface area contributed by atoms with Gasteiger partial charge in [0, 0.05) is 29.6 Å². The van der Waals surface area contributed by atoms with E-state index in [1.165, 1.54) is 12.4 Å². The SMILES string of the molecule is CCOC(O)c1c[nH]c2ncnc(-c3cccc(NC(=O)C(F)=Cc4ccccc4)c3)c12. The Morgan fingerprint density at radius 3 is 2.81 bits per heavy atom. The van der Waals surface area contributed by atoms with E-state index in [1.54, 1.807) is 61.7 Å². The molecule has 162 valence electrons. The molecule has 7 nitrogen and oxygen atoms in total. The van der Waals surface area contributed by atoms with Crippen LogP contribution in [0.2, 0.25) is 0 Å². The number of carbonyl (C=O) groups is 1. The molecule has 0 bridgehead atoms. The fraction of sp³-hybridized carbons (Fsp3) is 0.125. The minimum absolute atomic E-state index is 0.334. The summed E-state index contributed by atoms with van der Waals surface area (Å²) < 4.78 is 19.7. The maximum absolute atomic E-state index is 14.4. The largest absolute Gasteiger partial charge is 0.364 e. The smallest absolute Gasteiger partial charge is 0.284 e. The van der Waals surface area contributed by atoms with Gasteiger partial charge in [-0.1, -0.05) is 42.5 Å². The summed E-state index contributed by atoms with van der Waals surface area (Å²) in [7, 11) is 0. The number of hydrogen-bond acceptors (Lipinski definition) is 5. The number of amides is 1. The third kappa shape index (κ3) is 4.56. The lowest BCUT2D eigenvalue weighted by Gasteiger charge is -2.11. The molecular formula is C24H21FN4O3. The summed E-state index contributed by atoms with van der Waals surface area (Å²) in [5.41, 5.74) is 3.23. The number of aromatic amines is 1. The summed E-state index contributed by atoms with van der Waals surface area (Å²) in [4.78, 5) is 23.9. The average molecular weight is 432 g/mol. The highest BCUT2D eigenvalue weighted by Crippen LogP contribution is 2.32. The van der Waals surface area contributed by atoms with Crippen molar-refractivity contribution in [2.24, 2.45) is 0 Å². The lowest BCUT2D eigenvalue weighted by atomic mass is 10.1. The monoisotopic (exact) mass is 432 g/mol. The zero-order valence-corrected chi connectivity index (χ0v) is 17.2. The fourth-order valence-electron chi connectivity index (χ4n) is 3.34. The van der Waals surface area contributed by atoms with Crippen LogP contribution in [0.25, 0.3) is 28.4 Å². The van der Waals surface area contributed by atoms with Crippen molar-refractivity contribution < 1.29 is 19.0 Å². The van der Waals surface area contributed by atoms with E-state index in [1.807, 2.05) is 6.07 Å². The Kier molecular flexibility index (Phi) is 6.34. The number of rotatable bonds is 7. The van der Waals surface area contributed by atoms with Crippen LogP contribution in [-0.2, 0) is 9.53 Å². The Hall–Kier alpha value is -3.88. The van der Waals surface area contributed by atoms with Gasteiger partial charge in [-0.05, 0) is 30.7 Å². The molecule has 0 saturated carbocycles. The quantitative estimate of drug-likeness (QED) is 0.293. The van der Waals surface area contributed by atoms with Crippen LogP contribution >= 0.6 is 0 Å². The maximum Gasteiger partial charge on any atom is 0.284 e. The normalized spacial score (nSPS) is 12.7.